The third-order valence-corrected chi connectivity index (χ3v) is 3.12. The van der Waals surface area contributed by atoms with Crippen LogP contribution in [0.25, 0.3) is 0 Å². The minimum absolute atomic E-state index is 0.193. The number of benzene rings is 1. The molecule has 0 aliphatic heterocycles. The maximum Gasteiger partial charge on any atom is 0.0463 e. The fourth-order valence-corrected chi connectivity index (χ4v) is 2.09. The average molecular weight is 241 g/mol. The molecule has 0 radical (unpaired) electrons. The van der Waals surface area contributed by atoms with Crippen LogP contribution < -0.4 is 11.3 Å². The molecule has 1 unspecified atom stereocenters. The molecule has 94 valence electrons. The van der Waals surface area contributed by atoms with Gasteiger partial charge in [-0.15, -0.1) is 0 Å². The highest BCUT2D eigenvalue weighted by Gasteiger charge is 2.09. The molecular formula is C15H19N3. The number of hydrazine groups is 1. The van der Waals surface area contributed by atoms with Crippen LogP contribution in [-0.2, 0) is 6.42 Å². The molecular weight excluding hydrogens is 222 g/mol. The van der Waals surface area contributed by atoms with Gasteiger partial charge in [-0.3, -0.25) is 16.3 Å². The summed E-state index contributed by atoms with van der Waals surface area (Å²) in [5.74, 6) is 5.66. The summed E-state index contributed by atoms with van der Waals surface area (Å²) in [6.45, 7) is 2.10. The average Bonchev–Trinajstić information content (AvgIpc) is 2.41. The Morgan fingerprint density at radius 1 is 1.22 bits per heavy atom. The number of nitrogens with one attached hydrogen (secondary N) is 1. The molecule has 0 aliphatic rings. The molecule has 2 rings (SSSR count). The van der Waals surface area contributed by atoms with Gasteiger partial charge in [-0.25, -0.2) is 0 Å². The van der Waals surface area contributed by atoms with Crippen molar-refractivity contribution in [3.8, 4) is 0 Å². The Labute approximate surface area is 108 Å². The van der Waals surface area contributed by atoms with Crippen LogP contribution in [0.1, 0.15) is 29.2 Å². The van der Waals surface area contributed by atoms with Crippen molar-refractivity contribution in [3.05, 3.63) is 65.5 Å². The van der Waals surface area contributed by atoms with Crippen LogP contribution in [0.15, 0.2) is 48.8 Å². The van der Waals surface area contributed by atoms with Crippen molar-refractivity contribution >= 4 is 0 Å². The van der Waals surface area contributed by atoms with E-state index < -0.39 is 0 Å². The van der Waals surface area contributed by atoms with Gasteiger partial charge in [0.05, 0.1) is 0 Å². The fraction of sp³-hybridized carbons (Fsp3) is 0.267. The maximum atomic E-state index is 5.66. The van der Waals surface area contributed by atoms with Crippen LogP contribution in [0.4, 0.5) is 0 Å². The van der Waals surface area contributed by atoms with Crippen molar-refractivity contribution < 1.29 is 0 Å². The van der Waals surface area contributed by atoms with E-state index in [9.17, 15) is 0 Å². The highest BCUT2D eigenvalue weighted by molar-refractivity contribution is 5.25. The van der Waals surface area contributed by atoms with Crippen LogP contribution >= 0.6 is 0 Å². The standard InChI is InChI=1S/C15H19N3/c1-12-3-2-4-14(11-12)15(18-16)6-5-13-7-9-17-10-8-13/h2-4,7-11,15,18H,5-6,16H2,1H3. The van der Waals surface area contributed by atoms with Gasteiger partial charge in [0.15, 0.2) is 0 Å². The third kappa shape index (κ3) is 3.39. The van der Waals surface area contributed by atoms with Crippen LogP contribution in [0, 0.1) is 6.92 Å². The van der Waals surface area contributed by atoms with E-state index in [4.69, 9.17) is 5.84 Å². The Morgan fingerprint density at radius 3 is 2.67 bits per heavy atom. The van der Waals surface area contributed by atoms with Crippen LogP contribution in [-0.4, -0.2) is 4.98 Å². The number of aryl methyl sites for hydroxylation is 2. The summed E-state index contributed by atoms with van der Waals surface area (Å²) < 4.78 is 0. The van der Waals surface area contributed by atoms with E-state index in [0.29, 0.717) is 0 Å². The molecule has 1 heterocycles. The summed E-state index contributed by atoms with van der Waals surface area (Å²) in [6.07, 6.45) is 5.62. The quantitative estimate of drug-likeness (QED) is 0.624. The number of nitrogens with zero attached hydrogens (tertiary/aromatic N) is 1. The first-order chi connectivity index (χ1) is 8.79. The van der Waals surface area contributed by atoms with Gasteiger partial charge in [0, 0.05) is 18.4 Å². The molecule has 0 saturated carbocycles. The van der Waals surface area contributed by atoms with Crippen molar-refractivity contribution in [2.45, 2.75) is 25.8 Å². The fourth-order valence-electron chi connectivity index (χ4n) is 2.09. The smallest absolute Gasteiger partial charge is 0.0463 e. The van der Waals surface area contributed by atoms with Crippen LogP contribution in [0.5, 0.6) is 0 Å². The lowest BCUT2D eigenvalue weighted by molar-refractivity contribution is 0.516. The number of hydrogen-bond donors (Lipinski definition) is 2. The van der Waals surface area contributed by atoms with Crippen molar-refractivity contribution in [2.24, 2.45) is 5.84 Å². The Balaban J connectivity index is 2.02. The molecule has 0 spiro atoms. The summed E-state index contributed by atoms with van der Waals surface area (Å²) in [5, 5.41) is 0. The van der Waals surface area contributed by atoms with Crippen molar-refractivity contribution in [3.63, 3.8) is 0 Å². The molecule has 3 N–H and O–H groups in total. The van der Waals surface area contributed by atoms with Gasteiger partial charge in [0.25, 0.3) is 0 Å². The van der Waals surface area contributed by atoms with Gasteiger partial charge >= 0.3 is 0 Å². The normalized spacial score (nSPS) is 12.3. The van der Waals surface area contributed by atoms with Crippen molar-refractivity contribution in [2.75, 3.05) is 0 Å². The lowest BCUT2D eigenvalue weighted by Gasteiger charge is -2.16. The maximum absolute atomic E-state index is 5.66. The van der Waals surface area contributed by atoms with E-state index >= 15 is 0 Å². The Morgan fingerprint density at radius 2 is 2.00 bits per heavy atom. The number of rotatable bonds is 5. The summed E-state index contributed by atoms with van der Waals surface area (Å²) in [6, 6.07) is 12.7. The summed E-state index contributed by atoms with van der Waals surface area (Å²) in [4.78, 5) is 4.02. The first-order valence-electron chi connectivity index (χ1n) is 6.21. The topological polar surface area (TPSA) is 50.9 Å². The van der Waals surface area contributed by atoms with Gasteiger partial charge in [-0.05, 0) is 43.0 Å². The number of aromatic nitrogens is 1. The first-order valence-corrected chi connectivity index (χ1v) is 6.21. The second kappa shape index (κ2) is 6.28. The van der Waals surface area contributed by atoms with E-state index in [0.717, 1.165) is 12.8 Å². The molecule has 0 fully saturated rings. The van der Waals surface area contributed by atoms with E-state index in [-0.39, 0.29) is 6.04 Å². The Kier molecular flexibility index (Phi) is 4.45. The molecule has 3 nitrogen and oxygen atoms in total. The minimum Gasteiger partial charge on any atom is -0.271 e. The molecule has 1 atom stereocenters. The van der Waals surface area contributed by atoms with E-state index in [1.54, 1.807) is 0 Å². The van der Waals surface area contributed by atoms with Gasteiger partial charge in [-0.1, -0.05) is 29.8 Å². The largest absolute Gasteiger partial charge is 0.271 e. The van der Waals surface area contributed by atoms with E-state index in [1.807, 2.05) is 24.5 Å². The summed E-state index contributed by atoms with van der Waals surface area (Å²) in [7, 11) is 0. The number of hydrogen-bond acceptors (Lipinski definition) is 3. The molecule has 1 aromatic carbocycles. The van der Waals surface area contributed by atoms with Gasteiger partial charge in [-0.2, -0.15) is 0 Å². The van der Waals surface area contributed by atoms with Crippen LogP contribution in [0.2, 0.25) is 0 Å². The molecule has 0 bridgehead atoms. The SMILES string of the molecule is Cc1cccc(C(CCc2ccncc2)NN)c1. The molecule has 0 saturated heterocycles. The molecule has 3 heteroatoms. The molecule has 0 aliphatic carbocycles. The molecule has 1 aromatic heterocycles. The number of pyridine rings is 1. The van der Waals surface area contributed by atoms with Crippen molar-refractivity contribution in [1.29, 1.82) is 0 Å². The predicted octanol–water partition coefficient (Wildman–Crippen LogP) is 2.53. The minimum atomic E-state index is 0.193. The summed E-state index contributed by atoms with van der Waals surface area (Å²) in [5.41, 5.74) is 6.69. The van der Waals surface area contributed by atoms with E-state index in [1.165, 1.54) is 16.7 Å². The monoisotopic (exact) mass is 241 g/mol. The second-order valence-electron chi connectivity index (χ2n) is 4.53. The first kappa shape index (κ1) is 12.7. The zero-order valence-electron chi connectivity index (χ0n) is 10.6. The van der Waals surface area contributed by atoms with Gasteiger partial charge in [0.2, 0.25) is 0 Å². The lowest BCUT2D eigenvalue weighted by Crippen LogP contribution is -2.28. The van der Waals surface area contributed by atoms with Gasteiger partial charge in [0.1, 0.15) is 0 Å². The molecule has 2 aromatic rings. The lowest BCUT2D eigenvalue weighted by atomic mass is 9.99. The zero-order valence-corrected chi connectivity index (χ0v) is 10.6. The molecule has 0 amide bonds. The molecule has 18 heavy (non-hydrogen) atoms. The van der Waals surface area contributed by atoms with Crippen LogP contribution in [0.3, 0.4) is 0 Å². The second-order valence-corrected chi connectivity index (χ2v) is 4.53. The Bertz CT molecular complexity index is 482. The summed E-state index contributed by atoms with van der Waals surface area (Å²) >= 11 is 0. The Hall–Kier alpha value is -1.71. The highest BCUT2D eigenvalue weighted by atomic mass is 15.2. The number of nitrogens with two attached hydrogens (primary N) is 1. The van der Waals surface area contributed by atoms with E-state index in [2.05, 4.69) is 41.6 Å². The van der Waals surface area contributed by atoms with Crippen molar-refractivity contribution in [1.82, 2.24) is 10.4 Å². The zero-order chi connectivity index (χ0) is 12.8. The highest BCUT2D eigenvalue weighted by Crippen LogP contribution is 2.19. The van der Waals surface area contributed by atoms with Gasteiger partial charge < -0.3 is 0 Å². The third-order valence-electron chi connectivity index (χ3n) is 3.12. The predicted molar refractivity (Wildman–Crippen MR) is 73.8 cm³/mol.